The van der Waals surface area contributed by atoms with Crippen molar-refractivity contribution >= 4 is 28.8 Å². The van der Waals surface area contributed by atoms with Crippen LogP contribution >= 0.6 is 0 Å². The van der Waals surface area contributed by atoms with Gasteiger partial charge in [-0.25, -0.2) is 24.7 Å². The van der Waals surface area contributed by atoms with Crippen molar-refractivity contribution in [2.45, 2.75) is 37.7 Å². The summed E-state index contributed by atoms with van der Waals surface area (Å²) in [4.78, 5) is 35.8. The lowest BCUT2D eigenvalue weighted by molar-refractivity contribution is -0.00853. The molecule has 38 heavy (non-hydrogen) atoms. The number of carbonyl (C=O) groups is 1. The predicted molar refractivity (Wildman–Crippen MR) is 139 cm³/mol. The molecule has 2 fully saturated rings. The Morgan fingerprint density at radius 1 is 1.16 bits per heavy atom. The Bertz CT molecular complexity index is 1520. The second-order valence-electron chi connectivity index (χ2n) is 10.0. The lowest BCUT2D eigenvalue weighted by Crippen LogP contribution is -2.48. The number of nitrogens with one attached hydrogen (secondary N) is 2. The molecule has 3 aliphatic heterocycles. The van der Waals surface area contributed by atoms with Crippen LogP contribution in [0.1, 0.15) is 42.1 Å². The number of aryl methyl sites for hydroxylation is 1. The number of H-pyrrole nitrogens is 1. The van der Waals surface area contributed by atoms with Crippen LogP contribution in [0.4, 0.5) is 16.4 Å². The SMILES string of the molecule is Cc1cc(Oc2cc(N3CCC4(CC3)OC(=O)Nc3ncccc34)ncn2)cc2nc(C3CCOC3)[nH]c12. The van der Waals surface area contributed by atoms with Gasteiger partial charge in [0.15, 0.2) is 0 Å². The van der Waals surface area contributed by atoms with Crippen LogP contribution in [-0.4, -0.2) is 57.3 Å². The zero-order chi connectivity index (χ0) is 25.7. The van der Waals surface area contributed by atoms with Gasteiger partial charge >= 0.3 is 6.09 Å². The van der Waals surface area contributed by atoms with E-state index in [0.29, 0.717) is 55.9 Å². The molecular weight excluding hydrogens is 486 g/mol. The Morgan fingerprint density at radius 3 is 2.89 bits per heavy atom. The molecule has 1 aromatic carbocycles. The number of piperidine rings is 1. The van der Waals surface area contributed by atoms with E-state index < -0.39 is 11.7 Å². The maximum absolute atomic E-state index is 12.2. The standard InChI is InChI=1S/C27H27N7O4/c1-16-11-18(12-20-23(16)32-24(31-20)17-4-10-36-14-17)37-22-13-21(29-15-30-22)34-8-5-27(6-9-34)19-3-2-7-28-25(19)33-26(35)38-27/h2-3,7,11-13,15,17H,4-6,8-10,14H2,1H3,(H,31,32)(H,28,33,35). The van der Waals surface area contributed by atoms with Crippen LogP contribution < -0.4 is 15.0 Å². The number of nitrogens with zero attached hydrogens (tertiary/aromatic N) is 5. The molecule has 11 heteroatoms. The van der Waals surface area contributed by atoms with E-state index in [1.807, 2.05) is 37.3 Å². The number of carbonyl (C=O) groups excluding carboxylic acids is 1. The molecule has 3 aliphatic rings. The maximum atomic E-state index is 12.2. The molecule has 194 valence electrons. The molecule has 7 rings (SSSR count). The molecule has 11 nitrogen and oxygen atoms in total. The van der Waals surface area contributed by atoms with Crippen molar-refractivity contribution in [2.24, 2.45) is 0 Å². The molecule has 0 saturated carbocycles. The first-order valence-corrected chi connectivity index (χ1v) is 12.8. The number of ether oxygens (including phenoxy) is 3. The molecular formula is C27H27N7O4. The molecule has 0 radical (unpaired) electrons. The number of aromatic nitrogens is 5. The monoisotopic (exact) mass is 513 g/mol. The summed E-state index contributed by atoms with van der Waals surface area (Å²) in [7, 11) is 0. The normalized spacial score (nSPS) is 20.3. The Balaban J connectivity index is 1.09. The number of rotatable bonds is 4. The highest BCUT2D eigenvalue weighted by Gasteiger charge is 2.45. The molecule has 4 aromatic rings. The van der Waals surface area contributed by atoms with Gasteiger partial charge in [-0.1, -0.05) is 0 Å². The second kappa shape index (κ2) is 8.95. The highest BCUT2D eigenvalue weighted by molar-refractivity contribution is 5.87. The number of anilines is 2. The average molecular weight is 514 g/mol. The van der Waals surface area contributed by atoms with Crippen LogP contribution in [0.5, 0.6) is 11.6 Å². The Kier molecular flexibility index (Phi) is 5.39. The minimum atomic E-state index is -0.686. The van der Waals surface area contributed by atoms with Crippen molar-refractivity contribution in [1.29, 1.82) is 0 Å². The Labute approximate surface area is 218 Å². The van der Waals surface area contributed by atoms with Gasteiger partial charge in [0.1, 0.15) is 35.1 Å². The summed E-state index contributed by atoms with van der Waals surface area (Å²) >= 11 is 0. The van der Waals surface area contributed by atoms with Crippen LogP contribution in [0.15, 0.2) is 42.9 Å². The van der Waals surface area contributed by atoms with E-state index in [9.17, 15) is 4.79 Å². The first-order chi connectivity index (χ1) is 18.6. The topological polar surface area (TPSA) is 127 Å². The number of amides is 1. The van der Waals surface area contributed by atoms with Gasteiger partial charge in [-0.2, -0.15) is 0 Å². The molecule has 1 spiro atoms. The number of aromatic amines is 1. The number of pyridine rings is 1. The van der Waals surface area contributed by atoms with E-state index in [0.717, 1.165) is 46.8 Å². The third-order valence-corrected chi connectivity index (χ3v) is 7.65. The van der Waals surface area contributed by atoms with Crippen molar-refractivity contribution in [3.05, 3.63) is 59.8 Å². The number of benzene rings is 1. The summed E-state index contributed by atoms with van der Waals surface area (Å²) in [5, 5.41) is 2.70. The fourth-order valence-corrected chi connectivity index (χ4v) is 5.65. The minimum Gasteiger partial charge on any atom is -0.439 e. The quantitative estimate of drug-likeness (QED) is 0.408. The first kappa shape index (κ1) is 22.9. The Morgan fingerprint density at radius 2 is 2.05 bits per heavy atom. The number of imidazole rings is 1. The van der Waals surface area contributed by atoms with E-state index in [1.165, 1.54) is 6.33 Å². The van der Waals surface area contributed by atoms with Crippen molar-refractivity contribution < 1.29 is 19.0 Å². The second-order valence-corrected chi connectivity index (χ2v) is 10.0. The third kappa shape index (κ3) is 3.99. The summed E-state index contributed by atoms with van der Waals surface area (Å²) in [6.07, 6.45) is 4.95. The summed E-state index contributed by atoms with van der Waals surface area (Å²) < 4.78 is 17.5. The van der Waals surface area contributed by atoms with E-state index in [2.05, 4.69) is 30.2 Å². The zero-order valence-corrected chi connectivity index (χ0v) is 20.9. The molecule has 0 aliphatic carbocycles. The molecule has 0 bridgehead atoms. The highest BCUT2D eigenvalue weighted by Crippen LogP contribution is 2.43. The van der Waals surface area contributed by atoms with E-state index >= 15 is 0 Å². The van der Waals surface area contributed by atoms with Crippen molar-refractivity contribution in [1.82, 2.24) is 24.9 Å². The van der Waals surface area contributed by atoms with Gasteiger partial charge in [0.25, 0.3) is 0 Å². The largest absolute Gasteiger partial charge is 0.439 e. The van der Waals surface area contributed by atoms with Crippen molar-refractivity contribution in [2.75, 3.05) is 36.5 Å². The van der Waals surface area contributed by atoms with Gasteiger partial charge in [-0.15, -0.1) is 0 Å². The van der Waals surface area contributed by atoms with Crippen molar-refractivity contribution in [3.63, 3.8) is 0 Å². The van der Waals surface area contributed by atoms with Crippen LogP contribution in [-0.2, 0) is 15.1 Å². The summed E-state index contributed by atoms with van der Waals surface area (Å²) in [6, 6.07) is 9.60. The fraction of sp³-hybridized carbons (Fsp3) is 0.370. The third-order valence-electron chi connectivity index (χ3n) is 7.65. The molecule has 1 atom stereocenters. The minimum absolute atomic E-state index is 0.303. The number of fused-ring (bicyclic) bond motifs is 3. The van der Waals surface area contributed by atoms with E-state index in [4.69, 9.17) is 19.2 Å². The Hall–Kier alpha value is -4.25. The number of hydrogen-bond donors (Lipinski definition) is 2. The molecule has 1 amide bonds. The maximum Gasteiger partial charge on any atom is 0.413 e. The smallest absolute Gasteiger partial charge is 0.413 e. The molecule has 2 saturated heterocycles. The van der Waals surface area contributed by atoms with Crippen LogP contribution in [0.25, 0.3) is 11.0 Å². The zero-order valence-electron chi connectivity index (χ0n) is 20.9. The van der Waals surface area contributed by atoms with Gasteiger partial charge in [-0.3, -0.25) is 5.32 Å². The lowest BCUT2D eigenvalue weighted by atomic mass is 9.83. The summed E-state index contributed by atoms with van der Waals surface area (Å²) in [6.45, 7) is 4.83. The predicted octanol–water partition coefficient (Wildman–Crippen LogP) is 4.41. The van der Waals surface area contributed by atoms with Gasteiger partial charge in [-0.05, 0) is 37.1 Å². The van der Waals surface area contributed by atoms with E-state index in [1.54, 1.807) is 6.20 Å². The van der Waals surface area contributed by atoms with Gasteiger partial charge in [0, 0.05) is 62.3 Å². The lowest BCUT2D eigenvalue weighted by Gasteiger charge is -2.44. The first-order valence-electron chi connectivity index (χ1n) is 12.8. The average Bonchev–Trinajstić information content (AvgIpc) is 3.60. The van der Waals surface area contributed by atoms with Crippen molar-refractivity contribution in [3.8, 4) is 11.6 Å². The fourth-order valence-electron chi connectivity index (χ4n) is 5.65. The van der Waals surface area contributed by atoms with Crippen LogP contribution in [0, 0.1) is 6.92 Å². The van der Waals surface area contributed by atoms with Crippen LogP contribution in [0.2, 0.25) is 0 Å². The van der Waals surface area contributed by atoms with Gasteiger partial charge < -0.3 is 24.1 Å². The van der Waals surface area contributed by atoms with Gasteiger partial charge in [0.05, 0.1) is 17.6 Å². The number of hydrogen-bond acceptors (Lipinski definition) is 9. The summed E-state index contributed by atoms with van der Waals surface area (Å²) in [5.41, 5.74) is 3.16. The van der Waals surface area contributed by atoms with E-state index in [-0.39, 0.29) is 0 Å². The molecule has 3 aromatic heterocycles. The summed E-state index contributed by atoms with van der Waals surface area (Å²) in [5.74, 6) is 3.72. The highest BCUT2D eigenvalue weighted by atomic mass is 16.6. The molecule has 2 N–H and O–H groups in total. The van der Waals surface area contributed by atoms with Gasteiger partial charge in [0.2, 0.25) is 5.88 Å². The van der Waals surface area contributed by atoms with Crippen LogP contribution in [0.3, 0.4) is 0 Å². The molecule has 6 heterocycles. The molecule has 1 unspecified atom stereocenters.